The zero-order valence-corrected chi connectivity index (χ0v) is 9.93. The molecule has 2 aromatic rings. The first kappa shape index (κ1) is 10.8. The molecule has 1 aliphatic heterocycles. The van der Waals surface area contributed by atoms with Crippen LogP contribution in [0.1, 0.15) is 16.8 Å². The van der Waals surface area contributed by atoms with Crippen LogP contribution in [0.2, 0.25) is 0 Å². The molecule has 3 rings (SSSR count). The van der Waals surface area contributed by atoms with Crippen LogP contribution < -0.4 is 10.6 Å². The van der Waals surface area contributed by atoms with Gasteiger partial charge in [-0.1, -0.05) is 24.3 Å². The maximum absolute atomic E-state index is 7.43. The van der Waals surface area contributed by atoms with Gasteiger partial charge in [0.2, 0.25) is 0 Å². The van der Waals surface area contributed by atoms with Crippen molar-refractivity contribution in [3.05, 3.63) is 59.4 Å². The Balaban J connectivity index is 1.90. The molecule has 4 nitrogen and oxygen atoms in total. The first-order valence-corrected chi connectivity index (χ1v) is 5.86. The van der Waals surface area contributed by atoms with Gasteiger partial charge in [-0.25, -0.2) is 0 Å². The Bertz CT molecular complexity index is 581. The molecule has 0 unspecified atom stereocenters. The zero-order valence-electron chi connectivity index (χ0n) is 9.93. The van der Waals surface area contributed by atoms with Crippen molar-refractivity contribution in [3.63, 3.8) is 0 Å². The van der Waals surface area contributed by atoms with Crippen LogP contribution in [0.4, 0.5) is 5.69 Å². The molecule has 2 heterocycles. The van der Waals surface area contributed by atoms with Crippen LogP contribution in [0.3, 0.4) is 0 Å². The van der Waals surface area contributed by atoms with Crippen LogP contribution in [0.15, 0.2) is 42.6 Å². The first-order chi connectivity index (χ1) is 8.74. The lowest BCUT2D eigenvalue weighted by Gasteiger charge is -2.18. The number of rotatable bonds is 2. The molecule has 1 aromatic carbocycles. The lowest BCUT2D eigenvalue weighted by molar-refractivity contribution is 0.878. The van der Waals surface area contributed by atoms with Gasteiger partial charge in [0.25, 0.3) is 0 Å². The average Bonchev–Trinajstić information content (AvgIpc) is 2.82. The van der Waals surface area contributed by atoms with Crippen LogP contribution >= 0.6 is 0 Å². The molecule has 0 bridgehead atoms. The third-order valence-electron chi connectivity index (χ3n) is 3.23. The molecule has 0 aliphatic carbocycles. The van der Waals surface area contributed by atoms with Gasteiger partial charge in [0.1, 0.15) is 11.5 Å². The highest BCUT2D eigenvalue weighted by molar-refractivity contribution is 5.93. The molecule has 4 heteroatoms. The predicted molar refractivity (Wildman–Crippen MR) is 71.6 cm³/mol. The molecule has 3 N–H and O–H groups in total. The van der Waals surface area contributed by atoms with E-state index in [1.807, 2.05) is 12.1 Å². The van der Waals surface area contributed by atoms with Crippen molar-refractivity contribution in [1.29, 1.82) is 5.41 Å². The van der Waals surface area contributed by atoms with E-state index in [2.05, 4.69) is 34.1 Å². The number of anilines is 1. The van der Waals surface area contributed by atoms with Crippen molar-refractivity contribution >= 4 is 11.5 Å². The molecule has 0 amide bonds. The fourth-order valence-corrected chi connectivity index (χ4v) is 2.28. The van der Waals surface area contributed by atoms with Gasteiger partial charge in [-0.05, 0) is 23.3 Å². The number of nitrogens with zero attached hydrogens (tertiary/aromatic N) is 2. The lowest BCUT2D eigenvalue weighted by Crippen LogP contribution is -2.17. The zero-order chi connectivity index (χ0) is 12.5. The maximum Gasteiger partial charge on any atom is 0.141 e. The van der Waals surface area contributed by atoms with Gasteiger partial charge in [0.15, 0.2) is 0 Å². The molecule has 18 heavy (non-hydrogen) atoms. The minimum Gasteiger partial charge on any atom is -0.382 e. The van der Waals surface area contributed by atoms with E-state index in [-0.39, 0.29) is 5.84 Å². The number of aromatic nitrogens is 1. The van der Waals surface area contributed by atoms with E-state index in [9.17, 15) is 0 Å². The summed E-state index contributed by atoms with van der Waals surface area (Å²) in [4.78, 5) is 6.35. The van der Waals surface area contributed by atoms with E-state index < -0.39 is 0 Å². The van der Waals surface area contributed by atoms with E-state index in [1.165, 1.54) is 11.1 Å². The van der Waals surface area contributed by atoms with Crippen LogP contribution in [0.25, 0.3) is 0 Å². The monoisotopic (exact) mass is 238 g/mol. The Hall–Kier alpha value is -2.36. The topological polar surface area (TPSA) is 66.0 Å². The minimum atomic E-state index is 0.00793. The quantitative estimate of drug-likeness (QED) is 0.620. The third kappa shape index (κ3) is 1.82. The van der Waals surface area contributed by atoms with Gasteiger partial charge in [0, 0.05) is 25.0 Å². The Kier molecular flexibility index (Phi) is 2.48. The number of fused-ring (bicyclic) bond motifs is 1. The molecule has 0 fully saturated rings. The summed E-state index contributed by atoms with van der Waals surface area (Å²) in [6.45, 7) is 1.80. The predicted octanol–water partition coefficient (Wildman–Crippen LogP) is 1.89. The van der Waals surface area contributed by atoms with Gasteiger partial charge in [0.05, 0.1) is 0 Å². The fraction of sp³-hybridized carbons (Fsp3) is 0.143. The Morgan fingerprint density at radius 1 is 1.17 bits per heavy atom. The lowest BCUT2D eigenvalue weighted by atomic mass is 10.1. The summed E-state index contributed by atoms with van der Waals surface area (Å²) in [5, 5.41) is 7.43. The standard InChI is InChI=1S/C14H14N4/c15-14(16)13-7-12(5-6-17-13)18-8-10-3-1-2-4-11(10)9-18/h1-7H,8-9H2,(H3,15,16). The van der Waals surface area contributed by atoms with Crippen molar-refractivity contribution in [2.24, 2.45) is 5.73 Å². The van der Waals surface area contributed by atoms with E-state index >= 15 is 0 Å². The second kappa shape index (κ2) is 4.14. The summed E-state index contributed by atoms with van der Waals surface area (Å²) in [6, 6.07) is 12.3. The van der Waals surface area contributed by atoms with Crippen molar-refractivity contribution in [1.82, 2.24) is 4.98 Å². The summed E-state index contributed by atoms with van der Waals surface area (Å²) in [7, 11) is 0. The fourth-order valence-electron chi connectivity index (χ4n) is 2.28. The normalized spacial score (nSPS) is 13.4. The molecule has 90 valence electrons. The highest BCUT2D eigenvalue weighted by Gasteiger charge is 2.18. The Morgan fingerprint density at radius 3 is 2.44 bits per heavy atom. The molecule has 0 saturated heterocycles. The summed E-state index contributed by atoms with van der Waals surface area (Å²) in [5.74, 6) is 0.00793. The largest absolute Gasteiger partial charge is 0.382 e. The van der Waals surface area contributed by atoms with Crippen molar-refractivity contribution in [2.75, 3.05) is 4.90 Å². The molecule has 1 aliphatic rings. The number of nitrogens with two attached hydrogens (primary N) is 1. The molecule has 1 aromatic heterocycles. The van der Waals surface area contributed by atoms with Crippen LogP contribution in [-0.4, -0.2) is 10.8 Å². The van der Waals surface area contributed by atoms with Crippen LogP contribution in [0, 0.1) is 5.41 Å². The second-order valence-electron chi connectivity index (χ2n) is 4.44. The van der Waals surface area contributed by atoms with Crippen molar-refractivity contribution in [2.45, 2.75) is 13.1 Å². The SMILES string of the molecule is N=C(N)c1cc(N2Cc3ccccc3C2)ccn1. The van der Waals surface area contributed by atoms with Gasteiger partial charge < -0.3 is 10.6 Å². The van der Waals surface area contributed by atoms with E-state index in [4.69, 9.17) is 11.1 Å². The van der Waals surface area contributed by atoms with Crippen LogP contribution in [-0.2, 0) is 13.1 Å². The first-order valence-electron chi connectivity index (χ1n) is 5.86. The van der Waals surface area contributed by atoms with E-state index in [1.54, 1.807) is 6.20 Å². The molecular formula is C14H14N4. The molecule has 0 radical (unpaired) electrons. The summed E-state index contributed by atoms with van der Waals surface area (Å²) in [5.41, 5.74) is 9.78. The van der Waals surface area contributed by atoms with E-state index in [0.717, 1.165) is 18.8 Å². The number of hydrogen-bond acceptors (Lipinski definition) is 3. The Morgan fingerprint density at radius 2 is 1.83 bits per heavy atom. The molecule has 0 spiro atoms. The maximum atomic E-state index is 7.43. The number of nitrogens with one attached hydrogen (secondary N) is 1. The number of benzene rings is 1. The molecular weight excluding hydrogens is 224 g/mol. The van der Waals surface area contributed by atoms with E-state index in [0.29, 0.717) is 5.69 Å². The average molecular weight is 238 g/mol. The number of hydrogen-bond donors (Lipinski definition) is 2. The highest BCUT2D eigenvalue weighted by Crippen LogP contribution is 2.27. The van der Waals surface area contributed by atoms with Gasteiger partial charge in [-0.15, -0.1) is 0 Å². The number of nitrogen functional groups attached to an aromatic ring is 1. The summed E-state index contributed by atoms with van der Waals surface area (Å²) < 4.78 is 0. The van der Waals surface area contributed by atoms with Gasteiger partial charge in [-0.3, -0.25) is 10.4 Å². The van der Waals surface area contributed by atoms with Crippen LogP contribution in [0.5, 0.6) is 0 Å². The smallest absolute Gasteiger partial charge is 0.141 e. The number of amidine groups is 1. The van der Waals surface area contributed by atoms with Gasteiger partial charge >= 0.3 is 0 Å². The third-order valence-corrected chi connectivity index (χ3v) is 3.23. The Labute approximate surface area is 106 Å². The molecule has 0 saturated carbocycles. The summed E-state index contributed by atoms with van der Waals surface area (Å²) >= 11 is 0. The molecule has 0 atom stereocenters. The van der Waals surface area contributed by atoms with Crippen molar-refractivity contribution in [3.8, 4) is 0 Å². The number of pyridine rings is 1. The minimum absolute atomic E-state index is 0.00793. The second-order valence-corrected chi connectivity index (χ2v) is 4.44. The summed E-state index contributed by atoms with van der Waals surface area (Å²) in [6.07, 6.45) is 1.70. The van der Waals surface area contributed by atoms with Gasteiger partial charge in [-0.2, -0.15) is 0 Å². The highest BCUT2D eigenvalue weighted by atomic mass is 15.1. The van der Waals surface area contributed by atoms with Crippen molar-refractivity contribution < 1.29 is 0 Å².